The third-order valence-corrected chi connectivity index (χ3v) is 5.31. The van der Waals surface area contributed by atoms with E-state index >= 15 is 0 Å². The second kappa shape index (κ2) is 13.0. The van der Waals surface area contributed by atoms with Gasteiger partial charge in [0.1, 0.15) is 13.2 Å². The zero-order valence-corrected chi connectivity index (χ0v) is 17.1. The minimum atomic E-state index is 0.677. The molecule has 1 saturated heterocycles. The topological polar surface area (TPSA) is 61.0 Å². The zero-order valence-electron chi connectivity index (χ0n) is 17.1. The SMILES string of the molecule is c1ccc2c(c1)OCCN1CCNCCCNCCN(CCNCC1)CCO2. The van der Waals surface area contributed by atoms with E-state index in [2.05, 4.69) is 25.8 Å². The quantitative estimate of drug-likeness (QED) is 0.548. The highest BCUT2D eigenvalue weighted by molar-refractivity contribution is 5.39. The molecule has 3 rings (SSSR count). The average Bonchev–Trinajstić information content (AvgIpc) is 2.71. The first-order valence-electron chi connectivity index (χ1n) is 10.8. The Bertz CT molecular complexity index is 500. The molecule has 7 nitrogen and oxygen atoms in total. The Morgan fingerprint density at radius 1 is 0.571 bits per heavy atom. The van der Waals surface area contributed by atoms with Crippen LogP contribution in [0.15, 0.2) is 24.3 Å². The van der Waals surface area contributed by atoms with Crippen molar-refractivity contribution in [3.8, 4) is 11.5 Å². The van der Waals surface area contributed by atoms with Crippen LogP contribution in [-0.2, 0) is 0 Å². The molecule has 2 unspecified atom stereocenters. The van der Waals surface area contributed by atoms with Crippen molar-refractivity contribution in [1.82, 2.24) is 25.8 Å². The second-order valence-corrected chi connectivity index (χ2v) is 7.43. The van der Waals surface area contributed by atoms with E-state index in [9.17, 15) is 0 Å². The summed E-state index contributed by atoms with van der Waals surface area (Å²) in [6.07, 6.45) is 1.17. The number of hydrogen-bond donors (Lipinski definition) is 3. The first-order valence-corrected chi connectivity index (χ1v) is 10.8. The molecule has 1 aromatic carbocycles. The number of nitrogens with one attached hydrogen (secondary N) is 3. The first-order chi connectivity index (χ1) is 13.9. The van der Waals surface area contributed by atoms with Gasteiger partial charge in [-0.3, -0.25) is 9.80 Å². The molecular weight excluding hydrogens is 354 g/mol. The average molecular weight is 392 g/mol. The third kappa shape index (κ3) is 7.93. The molecule has 2 bridgehead atoms. The van der Waals surface area contributed by atoms with Gasteiger partial charge in [0, 0.05) is 65.4 Å². The minimum absolute atomic E-state index is 0.677. The van der Waals surface area contributed by atoms with Gasteiger partial charge in [0.2, 0.25) is 0 Å². The lowest BCUT2D eigenvalue weighted by Gasteiger charge is -2.24. The molecule has 0 spiro atoms. The monoisotopic (exact) mass is 391 g/mol. The van der Waals surface area contributed by atoms with Crippen molar-refractivity contribution in [3.05, 3.63) is 24.3 Å². The van der Waals surface area contributed by atoms with Crippen molar-refractivity contribution in [2.24, 2.45) is 0 Å². The molecule has 2 heterocycles. The standard InChI is InChI=1S/C21H37N5O2/c1-2-5-21-20(4-1)27-18-16-25-12-8-22-6-3-7-23-9-13-26(17-19-28-21)15-11-24-10-14-25/h1-2,4-5,22-24H,3,6-19H2. The molecule has 0 aliphatic carbocycles. The van der Waals surface area contributed by atoms with E-state index in [0.717, 1.165) is 90.0 Å². The van der Waals surface area contributed by atoms with Gasteiger partial charge in [-0.1, -0.05) is 12.1 Å². The Hall–Kier alpha value is -1.38. The van der Waals surface area contributed by atoms with Gasteiger partial charge in [-0.05, 0) is 31.6 Å². The predicted molar refractivity (Wildman–Crippen MR) is 114 cm³/mol. The van der Waals surface area contributed by atoms with Crippen LogP contribution in [0, 0.1) is 0 Å². The molecule has 0 amide bonds. The van der Waals surface area contributed by atoms with Crippen LogP contribution in [0.5, 0.6) is 11.5 Å². The fraction of sp³-hybridized carbons (Fsp3) is 0.714. The molecule has 0 saturated carbocycles. The maximum Gasteiger partial charge on any atom is 0.161 e. The van der Waals surface area contributed by atoms with Gasteiger partial charge in [-0.2, -0.15) is 0 Å². The van der Waals surface area contributed by atoms with Gasteiger partial charge < -0.3 is 25.4 Å². The Balaban J connectivity index is 1.68. The lowest BCUT2D eigenvalue weighted by Crippen LogP contribution is -2.42. The summed E-state index contributed by atoms with van der Waals surface area (Å²) in [6, 6.07) is 8.03. The molecule has 2 aliphatic rings. The molecule has 1 aromatic rings. The molecular formula is C21H37N5O2. The van der Waals surface area contributed by atoms with E-state index in [0.29, 0.717) is 13.2 Å². The summed E-state index contributed by atoms with van der Waals surface area (Å²) in [7, 11) is 0. The Kier molecular flexibility index (Phi) is 9.87. The molecule has 28 heavy (non-hydrogen) atoms. The lowest BCUT2D eigenvalue weighted by molar-refractivity contribution is 0.196. The largest absolute Gasteiger partial charge is 0.488 e. The van der Waals surface area contributed by atoms with Crippen LogP contribution in [0.1, 0.15) is 6.42 Å². The number of para-hydroxylation sites is 2. The molecule has 158 valence electrons. The van der Waals surface area contributed by atoms with Gasteiger partial charge in [-0.15, -0.1) is 0 Å². The van der Waals surface area contributed by atoms with Gasteiger partial charge in [-0.25, -0.2) is 0 Å². The number of nitrogens with zero attached hydrogens (tertiary/aromatic N) is 2. The first kappa shape index (κ1) is 21.3. The summed E-state index contributed by atoms with van der Waals surface area (Å²) in [5, 5.41) is 10.7. The number of hydrogen-bond acceptors (Lipinski definition) is 7. The van der Waals surface area contributed by atoms with Crippen molar-refractivity contribution in [2.75, 3.05) is 91.8 Å². The third-order valence-electron chi connectivity index (χ3n) is 5.31. The normalized spacial score (nSPS) is 26.7. The van der Waals surface area contributed by atoms with Crippen molar-refractivity contribution in [3.63, 3.8) is 0 Å². The van der Waals surface area contributed by atoms with Crippen LogP contribution in [0.3, 0.4) is 0 Å². The van der Waals surface area contributed by atoms with Crippen molar-refractivity contribution < 1.29 is 9.47 Å². The zero-order chi connectivity index (χ0) is 19.3. The van der Waals surface area contributed by atoms with Crippen molar-refractivity contribution in [1.29, 1.82) is 0 Å². The highest BCUT2D eigenvalue weighted by atomic mass is 16.5. The minimum Gasteiger partial charge on any atom is -0.488 e. The van der Waals surface area contributed by atoms with E-state index in [4.69, 9.17) is 9.47 Å². The van der Waals surface area contributed by atoms with Crippen LogP contribution < -0.4 is 25.4 Å². The molecule has 1 fully saturated rings. The number of benzene rings is 1. The highest BCUT2D eigenvalue weighted by Crippen LogP contribution is 2.26. The predicted octanol–water partition coefficient (Wildman–Crippen LogP) is 0.234. The summed E-state index contributed by atoms with van der Waals surface area (Å²) in [6.45, 7) is 13.6. The Morgan fingerprint density at radius 3 is 1.46 bits per heavy atom. The van der Waals surface area contributed by atoms with Crippen molar-refractivity contribution in [2.45, 2.75) is 6.42 Å². The lowest BCUT2D eigenvalue weighted by atomic mass is 10.3. The van der Waals surface area contributed by atoms with E-state index in [1.807, 2.05) is 24.3 Å². The Morgan fingerprint density at radius 2 is 1.00 bits per heavy atom. The Labute approximate surface area is 169 Å². The van der Waals surface area contributed by atoms with Crippen LogP contribution in [0.4, 0.5) is 0 Å². The summed E-state index contributed by atoms with van der Waals surface area (Å²) in [4.78, 5) is 4.95. The van der Waals surface area contributed by atoms with Crippen LogP contribution in [0.2, 0.25) is 0 Å². The second-order valence-electron chi connectivity index (χ2n) is 7.43. The summed E-state index contributed by atoms with van der Waals surface area (Å²) in [5.74, 6) is 1.69. The van der Waals surface area contributed by atoms with Gasteiger partial charge >= 0.3 is 0 Å². The maximum absolute atomic E-state index is 6.07. The van der Waals surface area contributed by atoms with Gasteiger partial charge in [0.25, 0.3) is 0 Å². The van der Waals surface area contributed by atoms with E-state index in [1.54, 1.807) is 0 Å². The highest BCUT2D eigenvalue weighted by Gasteiger charge is 2.11. The molecule has 0 radical (unpaired) electrons. The molecule has 3 N–H and O–H groups in total. The molecule has 2 aliphatic heterocycles. The molecule has 2 atom stereocenters. The summed E-state index contributed by atoms with van der Waals surface area (Å²) in [5.41, 5.74) is 0. The van der Waals surface area contributed by atoms with Crippen LogP contribution in [0.25, 0.3) is 0 Å². The smallest absolute Gasteiger partial charge is 0.161 e. The summed E-state index contributed by atoms with van der Waals surface area (Å²) >= 11 is 0. The molecule has 7 heteroatoms. The van der Waals surface area contributed by atoms with Gasteiger partial charge in [0.05, 0.1) is 0 Å². The number of fused-ring (bicyclic) bond motifs is 7. The van der Waals surface area contributed by atoms with E-state index in [-0.39, 0.29) is 0 Å². The maximum atomic E-state index is 6.07. The number of rotatable bonds is 0. The number of ether oxygens (including phenoxy) is 2. The van der Waals surface area contributed by atoms with Crippen LogP contribution in [-0.4, -0.2) is 102 Å². The van der Waals surface area contributed by atoms with Gasteiger partial charge in [0.15, 0.2) is 11.5 Å². The summed E-state index contributed by atoms with van der Waals surface area (Å²) < 4.78 is 12.1. The van der Waals surface area contributed by atoms with Crippen LogP contribution >= 0.6 is 0 Å². The van der Waals surface area contributed by atoms with E-state index < -0.39 is 0 Å². The fourth-order valence-electron chi connectivity index (χ4n) is 3.59. The molecule has 0 aromatic heterocycles. The van der Waals surface area contributed by atoms with Crippen molar-refractivity contribution >= 4 is 0 Å². The van der Waals surface area contributed by atoms with E-state index in [1.165, 1.54) is 6.42 Å². The fourth-order valence-corrected chi connectivity index (χ4v) is 3.59.